The second-order valence-corrected chi connectivity index (χ2v) is 15.1. The minimum atomic E-state index is -1.31. The molecule has 0 spiro atoms. The maximum atomic E-state index is 14.0. The summed E-state index contributed by atoms with van der Waals surface area (Å²) in [5, 5.41) is 14.1. The Hall–Kier alpha value is -7.38. The smallest absolute Gasteiger partial charge is 0.335 e. The van der Waals surface area contributed by atoms with Gasteiger partial charge in [0.25, 0.3) is 0 Å². The SMILES string of the molecule is COCCc1ccc(OCCCOc2ccc3c4ccccc4n(OC(=O)CC(C(=O)O)n4c5ccccc5c5ccc(OCCCOc6cccc(OC)c6OC)cc54)c3c2)cc1. The highest BCUT2D eigenvalue weighted by molar-refractivity contribution is 6.10. The van der Waals surface area contributed by atoms with Gasteiger partial charge in [0.05, 0.1) is 70.2 Å². The van der Waals surface area contributed by atoms with Gasteiger partial charge in [-0.2, -0.15) is 4.73 Å². The Morgan fingerprint density at radius 2 is 1.11 bits per heavy atom. The van der Waals surface area contributed by atoms with Gasteiger partial charge in [-0.1, -0.05) is 54.6 Å². The molecule has 8 aromatic rings. The third-order valence-electron chi connectivity index (χ3n) is 11.0. The summed E-state index contributed by atoms with van der Waals surface area (Å²) in [5.41, 5.74) is 3.72. The first-order valence-corrected chi connectivity index (χ1v) is 21.2. The summed E-state index contributed by atoms with van der Waals surface area (Å²) in [5.74, 6) is 1.66. The molecule has 6 aromatic carbocycles. The first kappa shape index (κ1) is 43.3. The van der Waals surface area contributed by atoms with Crippen LogP contribution in [0.2, 0.25) is 0 Å². The summed E-state index contributed by atoms with van der Waals surface area (Å²) in [6, 6.07) is 38.4. The molecule has 13 heteroatoms. The Kier molecular flexibility index (Phi) is 13.7. The summed E-state index contributed by atoms with van der Waals surface area (Å²) in [4.78, 5) is 33.3. The zero-order chi connectivity index (χ0) is 44.4. The van der Waals surface area contributed by atoms with Crippen LogP contribution in [-0.2, 0) is 20.7 Å². The molecule has 0 saturated carbocycles. The first-order chi connectivity index (χ1) is 31.4. The lowest BCUT2D eigenvalue weighted by Crippen LogP contribution is -2.27. The molecule has 0 aliphatic rings. The van der Waals surface area contributed by atoms with Crippen LogP contribution in [0.5, 0.6) is 34.5 Å². The van der Waals surface area contributed by atoms with Crippen molar-refractivity contribution in [2.24, 2.45) is 0 Å². The van der Waals surface area contributed by atoms with Crippen LogP contribution in [0.1, 0.15) is 30.9 Å². The summed E-state index contributed by atoms with van der Waals surface area (Å²) in [6.07, 6.45) is 1.59. The molecule has 0 amide bonds. The lowest BCUT2D eigenvalue weighted by atomic mass is 10.1. The maximum absolute atomic E-state index is 14.0. The number of carboxylic acid groups (broad SMARTS) is 1. The van der Waals surface area contributed by atoms with E-state index in [1.165, 1.54) is 10.3 Å². The van der Waals surface area contributed by atoms with Crippen LogP contribution < -0.4 is 33.3 Å². The van der Waals surface area contributed by atoms with Gasteiger partial charge in [0.15, 0.2) is 11.5 Å². The second kappa shape index (κ2) is 20.2. The van der Waals surface area contributed by atoms with Crippen molar-refractivity contribution in [3.05, 3.63) is 133 Å². The lowest BCUT2D eigenvalue weighted by Gasteiger charge is -2.18. The number of rotatable bonds is 22. The fourth-order valence-electron chi connectivity index (χ4n) is 7.91. The number of carbonyl (C=O) groups excluding carboxylic acids is 1. The fraction of sp³-hybridized carbons (Fsp3) is 0.255. The largest absolute Gasteiger partial charge is 0.493 e. The number of carbonyl (C=O) groups is 2. The zero-order valence-electron chi connectivity index (χ0n) is 36.0. The molecular formula is C51H50N2O11. The van der Waals surface area contributed by atoms with Crippen molar-refractivity contribution in [1.29, 1.82) is 0 Å². The van der Waals surface area contributed by atoms with E-state index < -0.39 is 24.4 Å². The quantitative estimate of drug-likeness (QED) is 0.0652. The van der Waals surface area contributed by atoms with E-state index in [4.69, 9.17) is 38.0 Å². The van der Waals surface area contributed by atoms with E-state index >= 15 is 0 Å². The van der Waals surface area contributed by atoms with Gasteiger partial charge in [-0.15, -0.1) is 0 Å². The van der Waals surface area contributed by atoms with Gasteiger partial charge in [-0.05, 0) is 72.6 Å². The number of fused-ring (bicyclic) bond motifs is 6. The summed E-state index contributed by atoms with van der Waals surface area (Å²) >= 11 is 0. The lowest BCUT2D eigenvalue weighted by molar-refractivity contribution is -0.150. The number of nitrogens with zero attached hydrogens (tertiary/aromatic N) is 2. The van der Waals surface area contributed by atoms with E-state index in [1.807, 2.05) is 121 Å². The molecule has 1 atom stereocenters. The van der Waals surface area contributed by atoms with E-state index in [-0.39, 0.29) is 0 Å². The van der Waals surface area contributed by atoms with Crippen molar-refractivity contribution in [3.8, 4) is 34.5 Å². The fourth-order valence-corrected chi connectivity index (χ4v) is 7.91. The molecule has 1 N–H and O–H groups in total. The molecule has 330 valence electrons. The van der Waals surface area contributed by atoms with E-state index in [0.717, 1.165) is 33.7 Å². The van der Waals surface area contributed by atoms with Crippen molar-refractivity contribution < 1.29 is 52.7 Å². The van der Waals surface area contributed by atoms with Crippen LogP contribution in [0.25, 0.3) is 43.6 Å². The molecular weight excluding hydrogens is 817 g/mol. The number of para-hydroxylation sites is 3. The molecule has 64 heavy (non-hydrogen) atoms. The van der Waals surface area contributed by atoms with Gasteiger partial charge in [0.2, 0.25) is 5.75 Å². The topological polar surface area (TPSA) is 138 Å². The molecule has 0 bridgehead atoms. The standard InChI is InChI=1S/C51H50N2O11/c1-57-30-25-34-17-19-35(20-18-34)60-26-9-27-62-37-22-24-41-39-12-5-7-14-43(39)53(45(41)32-37)64-49(54)33-46(51(55)56)52-42-13-6-4-11-38(42)40-23-21-36(31-44(40)52)61-28-10-29-63-48-16-8-15-47(58-2)50(48)59-3/h4-8,11-24,31-32,46H,9-10,25-30,33H2,1-3H3,(H,55,56). The van der Waals surface area contributed by atoms with Gasteiger partial charge < -0.3 is 47.7 Å². The summed E-state index contributed by atoms with van der Waals surface area (Å²) in [6.45, 7) is 2.23. The summed E-state index contributed by atoms with van der Waals surface area (Å²) in [7, 11) is 4.82. The highest BCUT2D eigenvalue weighted by atomic mass is 16.7. The molecule has 2 aromatic heterocycles. The van der Waals surface area contributed by atoms with E-state index in [2.05, 4.69) is 0 Å². The number of methoxy groups -OCH3 is 3. The van der Waals surface area contributed by atoms with Gasteiger partial charge in [-0.25, -0.2) is 9.59 Å². The van der Waals surface area contributed by atoms with Crippen molar-refractivity contribution in [2.75, 3.05) is 54.4 Å². The van der Waals surface area contributed by atoms with Crippen LogP contribution in [0.15, 0.2) is 127 Å². The average Bonchev–Trinajstić information content (AvgIpc) is 3.81. The number of aromatic nitrogens is 2. The molecule has 0 fully saturated rings. The molecule has 0 saturated heterocycles. The molecule has 0 aliphatic carbocycles. The third-order valence-corrected chi connectivity index (χ3v) is 11.0. The minimum Gasteiger partial charge on any atom is -0.493 e. The highest BCUT2D eigenvalue weighted by Gasteiger charge is 2.29. The predicted octanol–water partition coefficient (Wildman–Crippen LogP) is 9.48. The van der Waals surface area contributed by atoms with Crippen LogP contribution in [0, 0.1) is 0 Å². The molecule has 8 rings (SSSR count). The monoisotopic (exact) mass is 866 g/mol. The van der Waals surface area contributed by atoms with Crippen molar-refractivity contribution in [2.45, 2.75) is 31.7 Å². The predicted molar refractivity (Wildman–Crippen MR) is 245 cm³/mol. The third kappa shape index (κ3) is 9.49. The zero-order valence-corrected chi connectivity index (χ0v) is 36.0. The molecule has 1 unspecified atom stereocenters. The maximum Gasteiger partial charge on any atom is 0.335 e. The van der Waals surface area contributed by atoms with Crippen molar-refractivity contribution >= 4 is 55.6 Å². The second-order valence-electron chi connectivity index (χ2n) is 15.1. The normalized spacial score (nSPS) is 11.8. The number of aliphatic carboxylic acids is 1. The van der Waals surface area contributed by atoms with Crippen LogP contribution >= 0.6 is 0 Å². The highest BCUT2D eigenvalue weighted by Crippen LogP contribution is 2.38. The molecule has 13 nitrogen and oxygen atoms in total. The Bertz CT molecular complexity index is 2880. The van der Waals surface area contributed by atoms with Crippen LogP contribution in [0.4, 0.5) is 0 Å². The van der Waals surface area contributed by atoms with Gasteiger partial charge >= 0.3 is 11.9 Å². The Morgan fingerprint density at radius 1 is 0.547 bits per heavy atom. The van der Waals surface area contributed by atoms with E-state index in [9.17, 15) is 14.7 Å². The number of benzene rings is 6. The van der Waals surface area contributed by atoms with Gasteiger partial charge in [0.1, 0.15) is 23.3 Å². The number of carboxylic acids is 1. The van der Waals surface area contributed by atoms with E-state index in [0.29, 0.717) is 96.7 Å². The minimum absolute atomic E-state index is 0.331. The van der Waals surface area contributed by atoms with Crippen LogP contribution in [-0.4, -0.2) is 80.7 Å². The van der Waals surface area contributed by atoms with Crippen LogP contribution in [0.3, 0.4) is 0 Å². The number of ether oxygens (including phenoxy) is 7. The van der Waals surface area contributed by atoms with Gasteiger partial charge in [-0.3, -0.25) is 0 Å². The molecule has 2 heterocycles. The summed E-state index contributed by atoms with van der Waals surface area (Å²) < 4.78 is 43.3. The Balaban J connectivity index is 0.962. The Morgan fingerprint density at radius 3 is 1.77 bits per heavy atom. The average molecular weight is 867 g/mol. The van der Waals surface area contributed by atoms with E-state index in [1.54, 1.807) is 32.0 Å². The first-order valence-electron chi connectivity index (χ1n) is 21.2. The van der Waals surface area contributed by atoms with Crippen molar-refractivity contribution in [3.63, 3.8) is 0 Å². The molecule has 0 aliphatic heterocycles. The van der Waals surface area contributed by atoms with Gasteiger partial charge in [0, 0.05) is 59.1 Å². The number of hydrogen-bond donors (Lipinski definition) is 1. The molecule has 0 radical (unpaired) electrons. The Labute approximate surface area is 370 Å². The number of hydrogen-bond acceptors (Lipinski definition) is 10. The van der Waals surface area contributed by atoms with Crippen molar-refractivity contribution in [1.82, 2.24) is 9.30 Å².